The third-order valence-electron chi connectivity index (χ3n) is 3.76. The van der Waals surface area contributed by atoms with E-state index in [4.69, 9.17) is 0 Å². The van der Waals surface area contributed by atoms with Gasteiger partial charge in [-0.15, -0.1) is 0 Å². The predicted molar refractivity (Wildman–Crippen MR) is 82.4 cm³/mol. The molecule has 1 fully saturated rings. The van der Waals surface area contributed by atoms with Crippen LogP contribution in [0.25, 0.3) is 0 Å². The fraction of sp³-hybridized carbons (Fsp3) is 0.188. The zero-order chi connectivity index (χ0) is 17.3. The zero-order valence-electron chi connectivity index (χ0n) is 12.4. The van der Waals surface area contributed by atoms with Gasteiger partial charge in [-0.3, -0.25) is 4.79 Å². The van der Waals surface area contributed by atoms with Crippen molar-refractivity contribution in [2.45, 2.75) is 10.9 Å². The first-order chi connectivity index (χ1) is 11.4. The molecule has 3 rings (SSSR count). The second-order valence-electron chi connectivity index (χ2n) is 5.29. The minimum absolute atomic E-state index is 0.0381. The molecule has 0 radical (unpaired) electrons. The van der Waals surface area contributed by atoms with Gasteiger partial charge in [0.1, 0.15) is 22.6 Å². The number of hydrogen-bond donors (Lipinski definition) is 1. The minimum Gasteiger partial charge on any atom is -0.353 e. The maximum Gasteiger partial charge on any atom is 0.247 e. The monoisotopic (exact) mass is 352 g/mol. The molecule has 0 unspecified atom stereocenters. The highest BCUT2D eigenvalue weighted by Crippen LogP contribution is 2.30. The van der Waals surface area contributed by atoms with Crippen molar-refractivity contribution >= 4 is 15.9 Å². The van der Waals surface area contributed by atoms with Crippen LogP contribution in [0.4, 0.5) is 8.78 Å². The van der Waals surface area contributed by atoms with Crippen molar-refractivity contribution in [1.29, 1.82) is 0 Å². The Morgan fingerprint density at radius 1 is 1.08 bits per heavy atom. The van der Waals surface area contributed by atoms with Crippen molar-refractivity contribution in [3.63, 3.8) is 0 Å². The molecule has 0 spiro atoms. The van der Waals surface area contributed by atoms with Crippen LogP contribution in [0, 0.1) is 11.6 Å². The van der Waals surface area contributed by atoms with Crippen molar-refractivity contribution < 1.29 is 22.0 Å². The van der Waals surface area contributed by atoms with Gasteiger partial charge in [0.05, 0.1) is 0 Å². The molecule has 5 nitrogen and oxygen atoms in total. The Hall–Kier alpha value is -2.32. The summed E-state index contributed by atoms with van der Waals surface area (Å²) in [6, 6.07) is 9.38. The average molecular weight is 352 g/mol. The Bertz CT molecular complexity index is 872. The largest absolute Gasteiger partial charge is 0.353 e. The molecule has 1 atom stereocenters. The summed E-state index contributed by atoms with van der Waals surface area (Å²) in [4.78, 5) is 11.5. The van der Waals surface area contributed by atoms with Gasteiger partial charge in [0, 0.05) is 13.1 Å². The Morgan fingerprint density at radius 3 is 2.50 bits per heavy atom. The number of benzene rings is 2. The fourth-order valence-electron chi connectivity index (χ4n) is 2.66. The number of sulfonamides is 1. The highest BCUT2D eigenvalue weighted by molar-refractivity contribution is 7.89. The Kier molecular flexibility index (Phi) is 4.33. The van der Waals surface area contributed by atoms with Gasteiger partial charge in [-0.05, 0) is 23.8 Å². The SMILES string of the molecule is O=C1NCCN(S(=O)(=O)c2cc(F)ccc2F)[C@@H]1c1ccccc1. The number of rotatable bonds is 3. The van der Waals surface area contributed by atoms with Crippen LogP contribution in [0.5, 0.6) is 0 Å². The standard InChI is InChI=1S/C16H14F2N2O3S/c17-12-6-7-13(18)14(10-12)24(22,23)20-9-8-19-16(21)15(20)11-4-2-1-3-5-11/h1-7,10,15H,8-9H2,(H,19,21)/t15-/m1/s1. The number of carbonyl (C=O) groups is 1. The lowest BCUT2D eigenvalue weighted by molar-refractivity contribution is -0.126. The van der Waals surface area contributed by atoms with Gasteiger partial charge in [0.15, 0.2) is 0 Å². The fourth-order valence-corrected chi connectivity index (χ4v) is 4.31. The second-order valence-corrected chi connectivity index (χ2v) is 7.15. The molecule has 8 heteroatoms. The Balaban J connectivity index is 2.10. The summed E-state index contributed by atoms with van der Waals surface area (Å²) in [5.74, 6) is -2.44. The third kappa shape index (κ3) is 2.90. The van der Waals surface area contributed by atoms with Crippen LogP contribution < -0.4 is 5.32 Å². The first kappa shape index (κ1) is 16.5. The molecular weight excluding hydrogens is 338 g/mol. The van der Waals surface area contributed by atoms with Gasteiger partial charge in [-0.1, -0.05) is 30.3 Å². The molecule has 0 bridgehead atoms. The highest BCUT2D eigenvalue weighted by atomic mass is 32.2. The molecule has 1 saturated heterocycles. The van der Waals surface area contributed by atoms with E-state index in [1.54, 1.807) is 30.3 Å². The highest BCUT2D eigenvalue weighted by Gasteiger charge is 2.40. The van der Waals surface area contributed by atoms with Gasteiger partial charge in [0.2, 0.25) is 15.9 Å². The summed E-state index contributed by atoms with van der Waals surface area (Å²) in [7, 11) is -4.39. The molecule has 1 amide bonds. The van der Waals surface area contributed by atoms with E-state index in [0.29, 0.717) is 11.6 Å². The van der Waals surface area contributed by atoms with E-state index in [1.807, 2.05) is 0 Å². The molecule has 24 heavy (non-hydrogen) atoms. The number of nitrogens with one attached hydrogen (secondary N) is 1. The van der Waals surface area contributed by atoms with Crippen LogP contribution >= 0.6 is 0 Å². The smallest absolute Gasteiger partial charge is 0.247 e. The molecule has 1 aliphatic rings. The molecular formula is C16H14F2N2O3S. The summed E-state index contributed by atoms with van der Waals surface area (Å²) in [5, 5.41) is 2.60. The van der Waals surface area contributed by atoms with Crippen molar-refractivity contribution in [1.82, 2.24) is 9.62 Å². The lowest BCUT2D eigenvalue weighted by Crippen LogP contribution is -2.52. The van der Waals surface area contributed by atoms with Gasteiger partial charge < -0.3 is 5.32 Å². The number of nitrogens with zero attached hydrogens (tertiary/aromatic N) is 1. The van der Waals surface area contributed by atoms with E-state index in [-0.39, 0.29) is 13.1 Å². The normalized spacial score (nSPS) is 19.1. The van der Waals surface area contributed by atoms with Crippen LogP contribution in [0.1, 0.15) is 11.6 Å². The topological polar surface area (TPSA) is 66.5 Å². The van der Waals surface area contributed by atoms with Crippen LogP contribution in [0.15, 0.2) is 53.4 Å². The van der Waals surface area contributed by atoms with Crippen molar-refractivity contribution in [2.24, 2.45) is 0 Å². The lowest BCUT2D eigenvalue weighted by Gasteiger charge is -2.34. The predicted octanol–water partition coefficient (Wildman–Crippen LogP) is 1.83. The first-order valence-corrected chi connectivity index (χ1v) is 8.65. The molecule has 1 heterocycles. The summed E-state index contributed by atoms with van der Waals surface area (Å²) in [6.07, 6.45) is 0. The van der Waals surface area contributed by atoms with E-state index in [0.717, 1.165) is 16.4 Å². The Labute approximate surface area is 138 Å². The number of piperazine rings is 1. The number of carbonyl (C=O) groups excluding carboxylic acids is 1. The van der Waals surface area contributed by atoms with Crippen LogP contribution in [0.3, 0.4) is 0 Å². The van der Waals surface area contributed by atoms with E-state index in [2.05, 4.69) is 5.32 Å². The third-order valence-corrected chi connectivity index (χ3v) is 5.64. The quantitative estimate of drug-likeness (QED) is 0.916. The van der Waals surface area contributed by atoms with Gasteiger partial charge in [-0.2, -0.15) is 4.31 Å². The van der Waals surface area contributed by atoms with Crippen LogP contribution in [-0.4, -0.2) is 31.7 Å². The van der Waals surface area contributed by atoms with Gasteiger partial charge in [0.25, 0.3) is 0 Å². The molecule has 1 N–H and O–H groups in total. The average Bonchev–Trinajstić information content (AvgIpc) is 2.57. The molecule has 1 aliphatic heterocycles. The van der Waals surface area contributed by atoms with E-state index in [9.17, 15) is 22.0 Å². The lowest BCUT2D eigenvalue weighted by atomic mass is 10.1. The van der Waals surface area contributed by atoms with E-state index < -0.39 is 38.5 Å². The summed E-state index contributed by atoms with van der Waals surface area (Å²) in [5.41, 5.74) is 0.454. The van der Waals surface area contributed by atoms with E-state index in [1.165, 1.54) is 0 Å². The molecule has 0 aromatic heterocycles. The van der Waals surface area contributed by atoms with Crippen molar-refractivity contribution in [2.75, 3.05) is 13.1 Å². The number of amides is 1. The van der Waals surface area contributed by atoms with Gasteiger partial charge in [-0.25, -0.2) is 17.2 Å². The minimum atomic E-state index is -4.39. The molecule has 126 valence electrons. The summed E-state index contributed by atoms with van der Waals surface area (Å²) >= 11 is 0. The van der Waals surface area contributed by atoms with Crippen LogP contribution in [0.2, 0.25) is 0 Å². The second kappa shape index (κ2) is 6.29. The maximum atomic E-state index is 14.0. The maximum absolute atomic E-state index is 14.0. The molecule has 2 aromatic rings. The number of hydrogen-bond acceptors (Lipinski definition) is 3. The summed E-state index contributed by atoms with van der Waals surface area (Å²) < 4.78 is 53.9. The molecule has 0 saturated carbocycles. The van der Waals surface area contributed by atoms with Crippen LogP contribution in [-0.2, 0) is 14.8 Å². The van der Waals surface area contributed by atoms with Gasteiger partial charge >= 0.3 is 0 Å². The Morgan fingerprint density at radius 2 is 1.79 bits per heavy atom. The first-order valence-electron chi connectivity index (χ1n) is 7.21. The molecule has 2 aromatic carbocycles. The zero-order valence-corrected chi connectivity index (χ0v) is 13.3. The van der Waals surface area contributed by atoms with Crippen molar-refractivity contribution in [3.8, 4) is 0 Å². The summed E-state index contributed by atoms with van der Waals surface area (Å²) in [6.45, 7) is 0.0575. The van der Waals surface area contributed by atoms with Crippen molar-refractivity contribution in [3.05, 3.63) is 65.7 Å². The molecule has 0 aliphatic carbocycles. The van der Waals surface area contributed by atoms with E-state index >= 15 is 0 Å². The number of halogens is 2.